The van der Waals surface area contributed by atoms with Gasteiger partial charge in [0.1, 0.15) is 0 Å². The molecule has 2 rings (SSSR count). The normalized spacial score (nSPS) is 14.4. The highest BCUT2D eigenvalue weighted by molar-refractivity contribution is 6.52. The second-order valence-corrected chi connectivity index (χ2v) is 5.21. The second kappa shape index (κ2) is 3.63. The Hall–Kier alpha value is -2.24. The molecule has 1 aliphatic rings. The van der Waals surface area contributed by atoms with E-state index in [0.29, 0.717) is 11.3 Å². The molecule has 1 aliphatic heterocycles. The fourth-order valence-corrected chi connectivity index (χ4v) is 1.93. The molecule has 6 nitrogen and oxygen atoms in total. The summed E-state index contributed by atoms with van der Waals surface area (Å²) in [5, 5.41) is 13.3. The van der Waals surface area contributed by atoms with Gasteiger partial charge in [0.2, 0.25) is 0 Å². The highest BCUT2D eigenvalue weighted by Gasteiger charge is 2.35. The third kappa shape index (κ3) is 1.75. The van der Waals surface area contributed by atoms with Crippen LogP contribution < -0.4 is 5.32 Å². The number of non-ortho nitro benzene ring substituents is 1. The molecular weight excluding hydrogens is 236 g/mol. The standard InChI is InChI=1S/C12H12N2O4/c1-12(2,3)8-5-6(14(17)18)4-7-9(8)13-11(16)10(7)15/h4-5H,1-3H3,(H,13,15,16). The predicted octanol–water partition coefficient (Wildman–Crippen LogP) is 2.03. The number of amides is 1. The number of Topliss-reactive ketones (excluding diaryl/α,β-unsaturated/α-hetero) is 1. The Morgan fingerprint density at radius 3 is 2.33 bits per heavy atom. The predicted molar refractivity (Wildman–Crippen MR) is 64.8 cm³/mol. The average Bonchev–Trinajstić information content (AvgIpc) is 2.52. The Bertz CT molecular complexity index is 584. The summed E-state index contributed by atoms with van der Waals surface area (Å²) in [4.78, 5) is 33.3. The Morgan fingerprint density at radius 2 is 1.83 bits per heavy atom. The van der Waals surface area contributed by atoms with Crippen LogP contribution in [0.2, 0.25) is 0 Å². The van der Waals surface area contributed by atoms with Crippen LogP contribution in [0.15, 0.2) is 12.1 Å². The molecule has 0 saturated heterocycles. The van der Waals surface area contributed by atoms with E-state index in [0.717, 1.165) is 6.07 Å². The number of hydrogen-bond donors (Lipinski definition) is 1. The van der Waals surface area contributed by atoms with Gasteiger partial charge in [-0.25, -0.2) is 0 Å². The number of ketones is 1. The molecule has 1 aromatic carbocycles. The number of nitro groups is 1. The lowest BCUT2D eigenvalue weighted by molar-refractivity contribution is -0.385. The number of benzene rings is 1. The smallest absolute Gasteiger partial charge is 0.296 e. The molecule has 0 bridgehead atoms. The molecule has 0 atom stereocenters. The largest absolute Gasteiger partial charge is 0.318 e. The van der Waals surface area contributed by atoms with E-state index in [9.17, 15) is 19.7 Å². The van der Waals surface area contributed by atoms with Gasteiger partial charge in [0.25, 0.3) is 17.4 Å². The van der Waals surface area contributed by atoms with E-state index in [4.69, 9.17) is 0 Å². The first-order valence-electron chi connectivity index (χ1n) is 5.40. The van der Waals surface area contributed by atoms with Gasteiger partial charge in [0, 0.05) is 12.1 Å². The summed E-state index contributed by atoms with van der Waals surface area (Å²) < 4.78 is 0. The van der Waals surface area contributed by atoms with Gasteiger partial charge >= 0.3 is 0 Å². The summed E-state index contributed by atoms with van der Waals surface area (Å²) in [5.74, 6) is -1.46. The van der Waals surface area contributed by atoms with E-state index >= 15 is 0 Å². The van der Waals surface area contributed by atoms with E-state index in [1.165, 1.54) is 6.07 Å². The first kappa shape index (κ1) is 12.2. The van der Waals surface area contributed by atoms with Crippen molar-refractivity contribution in [2.45, 2.75) is 26.2 Å². The highest BCUT2D eigenvalue weighted by Crippen LogP contribution is 2.38. The quantitative estimate of drug-likeness (QED) is 0.467. The number of hydrogen-bond acceptors (Lipinski definition) is 4. The van der Waals surface area contributed by atoms with E-state index in [1.807, 2.05) is 20.8 Å². The first-order chi connectivity index (χ1) is 8.21. The Balaban J connectivity index is 2.76. The van der Waals surface area contributed by atoms with Gasteiger partial charge in [-0.2, -0.15) is 0 Å². The highest BCUT2D eigenvalue weighted by atomic mass is 16.6. The summed E-state index contributed by atoms with van der Waals surface area (Å²) in [5.41, 5.74) is 0.477. The minimum atomic E-state index is -0.740. The Kier molecular flexibility index (Phi) is 2.46. The summed E-state index contributed by atoms with van der Waals surface area (Å²) >= 11 is 0. The first-order valence-corrected chi connectivity index (χ1v) is 5.40. The van der Waals surface area contributed by atoms with Crippen molar-refractivity contribution in [1.29, 1.82) is 0 Å². The van der Waals surface area contributed by atoms with Gasteiger partial charge in [0.05, 0.1) is 16.2 Å². The van der Waals surface area contributed by atoms with E-state index < -0.39 is 22.0 Å². The molecular formula is C12H12N2O4. The van der Waals surface area contributed by atoms with Crippen LogP contribution in [0.25, 0.3) is 0 Å². The molecule has 0 aliphatic carbocycles. The average molecular weight is 248 g/mol. The van der Waals surface area contributed by atoms with Crippen molar-refractivity contribution in [3.05, 3.63) is 33.4 Å². The maximum Gasteiger partial charge on any atom is 0.296 e. The molecule has 0 spiro atoms. The molecule has 0 aromatic heterocycles. The van der Waals surface area contributed by atoms with Gasteiger partial charge in [-0.05, 0) is 11.0 Å². The molecule has 1 aromatic rings. The molecule has 1 amide bonds. The third-order valence-corrected chi connectivity index (χ3v) is 2.83. The van der Waals surface area contributed by atoms with Gasteiger partial charge < -0.3 is 5.32 Å². The summed E-state index contributed by atoms with van der Waals surface area (Å²) in [6, 6.07) is 2.54. The minimum Gasteiger partial charge on any atom is -0.318 e. The SMILES string of the molecule is CC(C)(C)c1cc([N+](=O)[O-])cc2c1NC(=O)C2=O. The number of nitrogens with zero attached hydrogens (tertiary/aromatic N) is 1. The molecule has 0 unspecified atom stereocenters. The number of nitrogens with one attached hydrogen (secondary N) is 1. The summed E-state index contributed by atoms with van der Waals surface area (Å²) in [7, 11) is 0. The van der Waals surface area contributed by atoms with Gasteiger partial charge in [-0.15, -0.1) is 0 Å². The molecule has 1 N–H and O–H groups in total. The van der Waals surface area contributed by atoms with Crippen molar-refractivity contribution in [3.8, 4) is 0 Å². The van der Waals surface area contributed by atoms with Gasteiger partial charge in [-0.1, -0.05) is 20.8 Å². The lowest BCUT2D eigenvalue weighted by Gasteiger charge is -2.21. The van der Waals surface area contributed by atoms with Crippen molar-refractivity contribution < 1.29 is 14.5 Å². The maximum absolute atomic E-state index is 11.6. The molecule has 18 heavy (non-hydrogen) atoms. The van der Waals surface area contributed by atoms with Crippen LogP contribution in [0.1, 0.15) is 36.7 Å². The van der Waals surface area contributed by atoms with E-state index in [-0.39, 0.29) is 11.3 Å². The number of rotatable bonds is 1. The van der Waals surface area contributed by atoms with Gasteiger partial charge in [-0.3, -0.25) is 19.7 Å². The van der Waals surface area contributed by atoms with Crippen LogP contribution in [0, 0.1) is 10.1 Å². The van der Waals surface area contributed by atoms with E-state index in [1.54, 1.807) is 0 Å². The van der Waals surface area contributed by atoms with Gasteiger partial charge in [0.15, 0.2) is 0 Å². The van der Waals surface area contributed by atoms with Crippen LogP contribution in [0.3, 0.4) is 0 Å². The van der Waals surface area contributed by atoms with Crippen LogP contribution in [-0.2, 0) is 10.2 Å². The zero-order chi connectivity index (χ0) is 13.7. The van der Waals surface area contributed by atoms with E-state index in [2.05, 4.69) is 5.32 Å². The van der Waals surface area contributed by atoms with Crippen molar-refractivity contribution in [1.82, 2.24) is 0 Å². The van der Waals surface area contributed by atoms with Crippen LogP contribution in [-0.4, -0.2) is 16.6 Å². The molecule has 0 radical (unpaired) electrons. The van der Waals surface area contributed by atoms with Crippen LogP contribution in [0.4, 0.5) is 11.4 Å². The zero-order valence-corrected chi connectivity index (χ0v) is 10.2. The van der Waals surface area contributed by atoms with Crippen molar-refractivity contribution in [3.63, 3.8) is 0 Å². The van der Waals surface area contributed by atoms with Crippen molar-refractivity contribution in [2.24, 2.45) is 0 Å². The summed E-state index contributed by atoms with van der Waals surface area (Å²) in [6.07, 6.45) is 0. The third-order valence-electron chi connectivity index (χ3n) is 2.83. The minimum absolute atomic E-state index is 0.0825. The lowest BCUT2D eigenvalue weighted by atomic mass is 9.84. The summed E-state index contributed by atoms with van der Waals surface area (Å²) in [6.45, 7) is 5.59. The Labute approximate surface area is 103 Å². The number of carbonyl (C=O) groups excluding carboxylic acids is 2. The lowest BCUT2D eigenvalue weighted by Crippen LogP contribution is -2.15. The fraction of sp³-hybridized carbons (Fsp3) is 0.333. The molecule has 0 saturated carbocycles. The van der Waals surface area contributed by atoms with Crippen molar-refractivity contribution in [2.75, 3.05) is 5.32 Å². The van der Waals surface area contributed by atoms with Crippen LogP contribution in [0.5, 0.6) is 0 Å². The molecule has 0 fully saturated rings. The zero-order valence-electron chi connectivity index (χ0n) is 10.2. The number of fused-ring (bicyclic) bond motifs is 1. The topological polar surface area (TPSA) is 89.3 Å². The maximum atomic E-state index is 11.6. The number of carbonyl (C=O) groups is 2. The Morgan fingerprint density at radius 1 is 1.22 bits per heavy atom. The number of anilines is 1. The van der Waals surface area contributed by atoms with Crippen LogP contribution >= 0.6 is 0 Å². The monoisotopic (exact) mass is 248 g/mol. The second-order valence-electron chi connectivity index (χ2n) is 5.21. The van der Waals surface area contributed by atoms with Crippen molar-refractivity contribution >= 4 is 23.1 Å². The fourth-order valence-electron chi connectivity index (χ4n) is 1.93. The number of nitro benzene ring substituents is 1. The molecule has 1 heterocycles. The molecule has 94 valence electrons. The molecule has 6 heteroatoms.